The lowest BCUT2D eigenvalue weighted by Crippen LogP contribution is -2.04. The van der Waals surface area contributed by atoms with E-state index < -0.39 is 18.2 Å². The zero-order chi connectivity index (χ0) is 13.8. The first-order valence-electron chi connectivity index (χ1n) is 5.44. The van der Waals surface area contributed by atoms with Crippen LogP contribution < -0.4 is 10.1 Å². The van der Waals surface area contributed by atoms with Crippen molar-refractivity contribution in [3.63, 3.8) is 0 Å². The van der Waals surface area contributed by atoms with Crippen LogP contribution in [0.25, 0.3) is 0 Å². The first-order valence-corrected chi connectivity index (χ1v) is 6.26. The molecule has 0 saturated heterocycles. The molecule has 0 spiro atoms. The number of aromatic nitrogens is 1. The molecule has 0 aliphatic heterocycles. The van der Waals surface area contributed by atoms with Crippen molar-refractivity contribution in [1.82, 2.24) is 4.98 Å². The van der Waals surface area contributed by atoms with Gasteiger partial charge in [0, 0.05) is 22.8 Å². The van der Waals surface area contributed by atoms with Gasteiger partial charge in [0.1, 0.15) is 0 Å². The molecule has 0 bridgehead atoms. The number of hydrogen-bond donors (Lipinski definition) is 1. The third-order valence-electron chi connectivity index (χ3n) is 2.28. The third kappa shape index (κ3) is 3.85. The standard InChI is InChI=1S/C12H11F3N2OS/c1-7-16-5-9(19-7)6-17-8-2-3-11(10(13)4-8)18-12(14)15/h2-5,12,17H,6H2,1H3. The van der Waals surface area contributed by atoms with Gasteiger partial charge in [-0.05, 0) is 19.1 Å². The minimum Gasteiger partial charge on any atom is -0.432 e. The zero-order valence-electron chi connectivity index (χ0n) is 9.99. The lowest BCUT2D eigenvalue weighted by Gasteiger charge is -2.08. The Bertz CT molecular complexity index is 560. The Labute approximate surface area is 112 Å². The summed E-state index contributed by atoms with van der Waals surface area (Å²) >= 11 is 1.53. The number of rotatable bonds is 5. The van der Waals surface area contributed by atoms with Gasteiger partial charge >= 0.3 is 6.61 Å². The number of nitrogens with zero attached hydrogens (tertiary/aromatic N) is 1. The highest BCUT2D eigenvalue weighted by molar-refractivity contribution is 7.11. The fourth-order valence-corrected chi connectivity index (χ4v) is 2.21. The van der Waals surface area contributed by atoms with Gasteiger partial charge in [-0.3, -0.25) is 0 Å². The summed E-state index contributed by atoms with van der Waals surface area (Å²) in [4.78, 5) is 5.10. The van der Waals surface area contributed by atoms with Crippen LogP contribution in [-0.4, -0.2) is 11.6 Å². The predicted octanol–water partition coefficient (Wildman–Crippen LogP) is 3.80. The number of hydrogen-bond acceptors (Lipinski definition) is 4. The Kier molecular flexibility index (Phi) is 4.26. The molecule has 1 aromatic heterocycles. The number of nitrogens with one attached hydrogen (secondary N) is 1. The van der Waals surface area contributed by atoms with E-state index in [1.165, 1.54) is 23.5 Å². The summed E-state index contributed by atoms with van der Waals surface area (Å²) in [5.41, 5.74) is 0.491. The Morgan fingerprint density at radius 3 is 2.79 bits per heavy atom. The van der Waals surface area contributed by atoms with Crippen LogP contribution in [0, 0.1) is 12.7 Å². The smallest absolute Gasteiger partial charge is 0.387 e. The average Bonchev–Trinajstić information content (AvgIpc) is 2.75. The summed E-state index contributed by atoms with van der Waals surface area (Å²) in [6, 6.07) is 3.77. The summed E-state index contributed by atoms with van der Waals surface area (Å²) in [6.45, 7) is -0.641. The number of alkyl halides is 2. The van der Waals surface area contributed by atoms with E-state index in [0.29, 0.717) is 12.2 Å². The maximum absolute atomic E-state index is 13.4. The normalized spacial score (nSPS) is 10.8. The van der Waals surface area contributed by atoms with E-state index in [4.69, 9.17) is 0 Å². The number of halogens is 3. The lowest BCUT2D eigenvalue weighted by molar-refractivity contribution is -0.0521. The molecular formula is C12H11F3N2OS. The number of aryl methyl sites for hydroxylation is 1. The highest BCUT2D eigenvalue weighted by Gasteiger charge is 2.10. The molecular weight excluding hydrogens is 277 g/mol. The minimum absolute atomic E-state index is 0.464. The summed E-state index contributed by atoms with van der Waals surface area (Å²) in [7, 11) is 0. The van der Waals surface area contributed by atoms with Crippen molar-refractivity contribution in [3.05, 3.63) is 40.1 Å². The second-order valence-corrected chi connectivity index (χ2v) is 5.04. The number of anilines is 1. The van der Waals surface area contributed by atoms with Crippen LogP contribution in [-0.2, 0) is 6.54 Å². The molecule has 0 aliphatic rings. The van der Waals surface area contributed by atoms with Crippen LogP contribution in [0.1, 0.15) is 9.88 Å². The summed E-state index contributed by atoms with van der Waals surface area (Å²) in [5.74, 6) is -1.29. The predicted molar refractivity (Wildman–Crippen MR) is 67.2 cm³/mol. The molecule has 0 atom stereocenters. The maximum Gasteiger partial charge on any atom is 0.387 e. The van der Waals surface area contributed by atoms with Crippen molar-refractivity contribution < 1.29 is 17.9 Å². The van der Waals surface area contributed by atoms with E-state index in [2.05, 4.69) is 15.0 Å². The van der Waals surface area contributed by atoms with Crippen molar-refractivity contribution in [2.24, 2.45) is 0 Å². The quantitative estimate of drug-likeness (QED) is 0.908. The van der Waals surface area contributed by atoms with Gasteiger partial charge in [-0.1, -0.05) is 0 Å². The number of ether oxygens (including phenoxy) is 1. The topological polar surface area (TPSA) is 34.2 Å². The molecule has 2 rings (SSSR count). The Morgan fingerprint density at radius 2 is 2.21 bits per heavy atom. The average molecular weight is 288 g/mol. The van der Waals surface area contributed by atoms with Gasteiger partial charge in [-0.2, -0.15) is 8.78 Å². The van der Waals surface area contributed by atoms with Crippen LogP contribution in [0.5, 0.6) is 5.75 Å². The largest absolute Gasteiger partial charge is 0.432 e. The van der Waals surface area contributed by atoms with Crippen LogP contribution >= 0.6 is 11.3 Å². The summed E-state index contributed by atoms with van der Waals surface area (Å²) in [6.07, 6.45) is 1.73. The molecule has 2 aromatic rings. The van der Waals surface area contributed by atoms with Crippen molar-refractivity contribution in [3.8, 4) is 5.75 Å². The second kappa shape index (κ2) is 5.92. The van der Waals surface area contributed by atoms with E-state index in [0.717, 1.165) is 16.0 Å². The van der Waals surface area contributed by atoms with Crippen LogP contribution in [0.3, 0.4) is 0 Å². The van der Waals surface area contributed by atoms with E-state index >= 15 is 0 Å². The van der Waals surface area contributed by atoms with Crippen LogP contribution in [0.4, 0.5) is 18.9 Å². The van der Waals surface area contributed by atoms with Gasteiger partial charge in [0.15, 0.2) is 11.6 Å². The van der Waals surface area contributed by atoms with Gasteiger partial charge in [0.2, 0.25) is 0 Å². The zero-order valence-corrected chi connectivity index (χ0v) is 10.8. The van der Waals surface area contributed by atoms with Gasteiger partial charge in [0.05, 0.1) is 11.6 Å². The molecule has 3 nitrogen and oxygen atoms in total. The van der Waals surface area contributed by atoms with Crippen LogP contribution in [0.2, 0.25) is 0 Å². The molecule has 0 amide bonds. The molecule has 0 aliphatic carbocycles. The molecule has 19 heavy (non-hydrogen) atoms. The highest BCUT2D eigenvalue weighted by Crippen LogP contribution is 2.23. The van der Waals surface area contributed by atoms with Crippen molar-refractivity contribution in [2.45, 2.75) is 20.1 Å². The van der Waals surface area contributed by atoms with Crippen molar-refractivity contribution >= 4 is 17.0 Å². The molecule has 1 heterocycles. The monoisotopic (exact) mass is 288 g/mol. The fourth-order valence-electron chi connectivity index (χ4n) is 1.48. The first kappa shape index (κ1) is 13.7. The Balaban J connectivity index is 1.99. The number of thiazole rings is 1. The van der Waals surface area contributed by atoms with Gasteiger partial charge in [0.25, 0.3) is 0 Å². The molecule has 102 valence electrons. The van der Waals surface area contributed by atoms with E-state index in [1.807, 2.05) is 6.92 Å². The van der Waals surface area contributed by atoms with E-state index in [-0.39, 0.29) is 0 Å². The van der Waals surface area contributed by atoms with E-state index in [1.54, 1.807) is 6.20 Å². The molecule has 0 fully saturated rings. The molecule has 7 heteroatoms. The van der Waals surface area contributed by atoms with Gasteiger partial charge < -0.3 is 10.1 Å². The SMILES string of the molecule is Cc1ncc(CNc2ccc(OC(F)F)c(F)c2)s1. The number of benzene rings is 1. The van der Waals surface area contributed by atoms with Gasteiger partial charge in [-0.25, -0.2) is 9.37 Å². The molecule has 1 aromatic carbocycles. The second-order valence-electron chi connectivity index (χ2n) is 3.72. The fraction of sp³-hybridized carbons (Fsp3) is 0.250. The molecule has 0 unspecified atom stereocenters. The highest BCUT2D eigenvalue weighted by atomic mass is 32.1. The molecule has 0 radical (unpaired) electrons. The Morgan fingerprint density at radius 1 is 1.42 bits per heavy atom. The molecule has 0 saturated carbocycles. The Hall–Kier alpha value is -1.76. The summed E-state index contributed by atoms with van der Waals surface area (Å²) < 4.78 is 41.4. The lowest BCUT2D eigenvalue weighted by atomic mass is 10.3. The first-order chi connectivity index (χ1) is 9.04. The van der Waals surface area contributed by atoms with E-state index in [9.17, 15) is 13.2 Å². The summed E-state index contributed by atoms with van der Waals surface area (Å²) in [5, 5.41) is 3.93. The van der Waals surface area contributed by atoms with Crippen molar-refractivity contribution in [1.29, 1.82) is 0 Å². The minimum atomic E-state index is -3.03. The maximum atomic E-state index is 13.4. The van der Waals surface area contributed by atoms with Gasteiger partial charge in [-0.15, -0.1) is 11.3 Å². The van der Waals surface area contributed by atoms with Crippen molar-refractivity contribution in [2.75, 3.05) is 5.32 Å². The van der Waals surface area contributed by atoms with Crippen LogP contribution in [0.15, 0.2) is 24.4 Å². The third-order valence-corrected chi connectivity index (χ3v) is 3.20. The molecule has 1 N–H and O–H groups in total.